The summed E-state index contributed by atoms with van der Waals surface area (Å²) >= 11 is 6.74. The summed E-state index contributed by atoms with van der Waals surface area (Å²) in [6.07, 6.45) is 2.23. The van der Waals surface area contributed by atoms with E-state index in [1.165, 1.54) is 13.2 Å². The lowest BCUT2D eigenvalue weighted by molar-refractivity contribution is -0.119. The predicted octanol–water partition coefficient (Wildman–Crippen LogP) is 7.04. The lowest BCUT2D eigenvalue weighted by Gasteiger charge is -2.44. The Labute approximate surface area is 228 Å². The molecule has 0 unspecified atom stereocenters. The third-order valence-electron chi connectivity index (χ3n) is 7.63. The first kappa shape index (κ1) is 26.5. The maximum Gasteiger partial charge on any atom is 0.180 e. The minimum Gasteiger partial charge on any atom is -0.493 e. The number of Topliss-reactive ketones (excluding diaryl/α,β-unsaturated/α-hetero) is 2. The van der Waals surface area contributed by atoms with Gasteiger partial charge in [0.2, 0.25) is 0 Å². The van der Waals surface area contributed by atoms with Crippen LogP contribution in [-0.4, -0.2) is 18.7 Å². The molecule has 2 aromatic carbocycles. The molecule has 3 aliphatic rings. The van der Waals surface area contributed by atoms with Gasteiger partial charge in [0, 0.05) is 46.9 Å². The van der Waals surface area contributed by atoms with Gasteiger partial charge in [0.25, 0.3) is 0 Å². The summed E-state index contributed by atoms with van der Waals surface area (Å²) in [4.78, 5) is 27.2. The van der Waals surface area contributed by atoms with Crippen molar-refractivity contribution in [3.05, 3.63) is 80.9 Å². The molecule has 0 spiro atoms. The number of carbonyl (C=O) groups is 2. The van der Waals surface area contributed by atoms with Crippen LogP contribution >= 0.6 is 11.6 Å². The third-order valence-corrected chi connectivity index (χ3v) is 7.91. The van der Waals surface area contributed by atoms with Gasteiger partial charge in [-0.1, -0.05) is 57.5 Å². The first-order valence-corrected chi connectivity index (χ1v) is 13.3. The lowest BCUT2D eigenvalue weighted by atomic mass is 9.64. The molecule has 2 aromatic rings. The standard InChI is InChI=1S/C31H33ClFNO4/c1-30(2)12-21-27(23(35)14-30)26(28-22(34-21)13-31(3,4)15-24(28)36)18-10-19(32)29(25(11-18)37-5)38-16-17-8-6-7-9-20(17)33/h6-11,26,34H,12-16H2,1-5H3. The van der Waals surface area contributed by atoms with Crippen molar-refractivity contribution in [1.82, 2.24) is 5.32 Å². The Hall–Kier alpha value is -3.12. The van der Waals surface area contributed by atoms with Gasteiger partial charge in [-0.25, -0.2) is 4.39 Å². The number of dihydropyridines is 1. The first-order valence-electron chi connectivity index (χ1n) is 12.9. The van der Waals surface area contributed by atoms with Crippen molar-refractivity contribution in [1.29, 1.82) is 0 Å². The normalized spacial score (nSPS) is 20.6. The van der Waals surface area contributed by atoms with E-state index >= 15 is 0 Å². The highest BCUT2D eigenvalue weighted by Crippen LogP contribution is 2.52. The van der Waals surface area contributed by atoms with Gasteiger partial charge >= 0.3 is 0 Å². The zero-order chi connectivity index (χ0) is 27.4. The molecule has 5 nitrogen and oxygen atoms in total. The lowest BCUT2D eigenvalue weighted by Crippen LogP contribution is -2.42. The van der Waals surface area contributed by atoms with Gasteiger partial charge in [0.05, 0.1) is 12.1 Å². The second-order valence-electron chi connectivity index (χ2n) is 12.1. The highest BCUT2D eigenvalue weighted by molar-refractivity contribution is 6.32. The fourth-order valence-electron chi connectivity index (χ4n) is 6.03. The number of ketones is 2. The van der Waals surface area contributed by atoms with Crippen molar-refractivity contribution in [3.8, 4) is 11.5 Å². The molecule has 1 heterocycles. The molecule has 5 rings (SSSR count). The highest BCUT2D eigenvalue weighted by atomic mass is 35.5. The Morgan fingerprint density at radius 2 is 1.53 bits per heavy atom. The topological polar surface area (TPSA) is 64.6 Å². The van der Waals surface area contributed by atoms with Crippen LogP contribution < -0.4 is 14.8 Å². The number of methoxy groups -OCH3 is 1. The molecule has 0 atom stereocenters. The van der Waals surface area contributed by atoms with Crippen LogP contribution in [0.3, 0.4) is 0 Å². The van der Waals surface area contributed by atoms with Crippen molar-refractivity contribution in [2.24, 2.45) is 10.8 Å². The van der Waals surface area contributed by atoms with Gasteiger partial charge in [0.15, 0.2) is 23.1 Å². The van der Waals surface area contributed by atoms with Gasteiger partial charge in [-0.2, -0.15) is 0 Å². The Bertz CT molecular complexity index is 1350. The van der Waals surface area contributed by atoms with E-state index in [2.05, 4.69) is 33.0 Å². The van der Waals surface area contributed by atoms with Crippen molar-refractivity contribution in [3.63, 3.8) is 0 Å². The zero-order valence-electron chi connectivity index (χ0n) is 22.5. The van der Waals surface area contributed by atoms with Gasteiger partial charge < -0.3 is 14.8 Å². The second kappa shape index (κ2) is 9.57. The van der Waals surface area contributed by atoms with Crippen molar-refractivity contribution in [2.45, 2.75) is 65.9 Å². The predicted molar refractivity (Wildman–Crippen MR) is 145 cm³/mol. The van der Waals surface area contributed by atoms with E-state index in [4.69, 9.17) is 21.1 Å². The summed E-state index contributed by atoms with van der Waals surface area (Å²) in [6.45, 7) is 8.33. The van der Waals surface area contributed by atoms with Crippen LogP contribution in [-0.2, 0) is 16.2 Å². The summed E-state index contributed by atoms with van der Waals surface area (Å²) in [7, 11) is 1.51. The van der Waals surface area contributed by atoms with Crippen molar-refractivity contribution >= 4 is 23.2 Å². The Balaban J connectivity index is 1.60. The zero-order valence-corrected chi connectivity index (χ0v) is 23.2. The molecule has 38 heavy (non-hydrogen) atoms. The summed E-state index contributed by atoms with van der Waals surface area (Å²) in [5.74, 6) is -0.198. The number of benzene rings is 2. The molecule has 2 aliphatic carbocycles. The molecule has 200 valence electrons. The van der Waals surface area contributed by atoms with E-state index in [1.54, 1.807) is 30.3 Å². The van der Waals surface area contributed by atoms with Crippen LogP contribution in [0.5, 0.6) is 11.5 Å². The van der Waals surface area contributed by atoms with Gasteiger partial charge in [0.1, 0.15) is 12.4 Å². The smallest absolute Gasteiger partial charge is 0.180 e. The quantitative estimate of drug-likeness (QED) is 0.443. The van der Waals surface area contributed by atoms with Gasteiger partial charge in [-0.3, -0.25) is 9.59 Å². The SMILES string of the molecule is COc1cc(C2C3=C(CC(C)(C)CC3=O)NC3=C2C(=O)CC(C)(C)C3)cc(Cl)c1OCc1ccccc1F. The number of nitrogens with one attached hydrogen (secondary N) is 1. The van der Waals surface area contributed by atoms with E-state index in [1.807, 2.05) is 0 Å². The molecule has 0 fully saturated rings. The second-order valence-corrected chi connectivity index (χ2v) is 12.5. The molecule has 0 bridgehead atoms. The maximum atomic E-state index is 14.2. The number of allylic oxidation sites excluding steroid dienone is 4. The number of rotatable bonds is 5. The first-order chi connectivity index (χ1) is 17.9. The van der Waals surface area contributed by atoms with Crippen LogP contribution in [0.4, 0.5) is 4.39 Å². The molecule has 0 aromatic heterocycles. The third kappa shape index (κ3) is 4.86. The molecular weight excluding hydrogens is 505 g/mol. The average Bonchev–Trinajstić information content (AvgIpc) is 2.80. The average molecular weight is 538 g/mol. The van der Waals surface area contributed by atoms with E-state index in [-0.39, 0.29) is 45.6 Å². The number of hydrogen-bond donors (Lipinski definition) is 1. The molecule has 7 heteroatoms. The molecule has 1 aliphatic heterocycles. The molecule has 1 N–H and O–H groups in total. The van der Waals surface area contributed by atoms with Gasteiger partial charge in [-0.05, 0) is 47.4 Å². The van der Waals surface area contributed by atoms with Crippen LogP contribution in [0, 0.1) is 16.6 Å². The number of hydrogen-bond acceptors (Lipinski definition) is 5. The highest BCUT2D eigenvalue weighted by Gasteiger charge is 2.46. The maximum absolute atomic E-state index is 14.2. The minimum atomic E-state index is -0.541. The van der Waals surface area contributed by atoms with Gasteiger partial charge in [-0.15, -0.1) is 0 Å². The Morgan fingerprint density at radius 3 is 2.08 bits per heavy atom. The fourth-order valence-corrected chi connectivity index (χ4v) is 6.31. The molecular formula is C31H33ClFNO4. The Kier molecular flexibility index (Phi) is 6.67. The minimum absolute atomic E-state index is 0.0266. The van der Waals surface area contributed by atoms with Crippen LogP contribution in [0.2, 0.25) is 5.02 Å². The molecule has 0 amide bonds. The number of ether oxygens (including phenoxy) is 2. The number of carbonyl (C=O) groups excluding carboxylic acids is 2. The van der Waals surface area contributed by atoms with Crippen molar-refractivity contribution < 1.29 is 23.5 Å². The van der Waals surface area contributed by atoms with E-state index in [0.29, 0.717) is 53.7 Å². The monoisotopic (exact) mass is 537 g/mol. The van der Waals surface area contributed by atoms with E-state index in [9.17, 15) is 14.0 Å². The van der Waals surface area contributed by atoms with E-state index < -0.39 is 5.92 Å². The largest absolute Gasteiger partial charge is 0.493 e. The Morgan fingerprint density at radius 1 is 0.947 bits per heavy atom. The summed E-state index contributed by atoms with van der Waals surface area (Å²) < 4.78 is 25.7. The van der Waals surface area contributed by atoms with Crippen LogP contribution in [0.1, 0.15) is 70.4 Å². The number of halogens is 2. The van der Waals surface area contributed by atoms with Crippen LogP contribution in [0.25, 0.3) is 0 Å². The van der Waals surface area contributed by atoms with Crippen molar-refractivity contribution in [2.75, 3.05) is 7.11 Å². The van der Waals surface area contributed by atoms with E-state index in [0.717, 1.165) is 11.4 Å². The molecule has 0 saturated heterocycles. The molecule has 0 saturated carbocycles. The summed E-state index contributed by atoms with van der Waals surface area (Å²) in [5, 5.41) is 3.79. The summed E-state index contributed by atoms with van der Waals surface area (Å²) in [5.41, 5.74) is 3.77. The fraction of sp³-hybridized carbons (Fsp3) is 0.419. The molecule has 0 radical (unpaired) electrons. The van der Waals surface area contributed by atoms with Crippen LogP contribution in [0.15, 0.2) is 58.9 Å². The summed E-state index contributed by atoms with van der Waals surface area (Å²) in [6, 6.07) is 9.91.